The highest BCUT2D eigenvalue weighted by Crippen LogP contribution is 2.16. The summed E-state index contributed by atoms with van der Waals surface area (Å²) >= 11 is 0. The lowest BCUT2D eigenvalue weighted by atomic mass is 10.2. The molecule has 0 aromatic carbocycles. The van der Waals surface area contributed by atoms with E-state index in [0.717, 1.165) is 5.56 Å². The van der Waals surface area contributed by atoms with Crippen molar-refractivity contribution in [2.75, 3.05) is 25.1 Å². The molecule has 10 heteroatoms. The van der Waals surface area contributed by atoms with Crippen molar-refractivity contribution < 1.29 is 17.7 Å². The molecule has 3 rings (SSSR count). The fourth-order valence-electron chi connectivity index (χ4n) is 2.65. The molecule has 2 aromatic rings. The second kappa shape index (κ2) is 7.28. The van der Waals surface area contributed by atoms with E-state index >= 15 is 0 Å². The molecular weight excluding hydrogens is 346 g/mol. The van der Waals surface area contributed by atoms with E-state index in [4.69, 9.17) is 4.52 Å². The molecule has 0 saturated carbocycles. The minimum absolute atomic E-state index is 0.106. The van der Waals surface area contributed by atoms with Crippen LogP contribution in [-0.2, 0) is 21.2 Å². The van der Waals surface area contributed by atoms with Crippen LogP contribution in [0.4, 0.5) is 0 Å². The number of amides is 1. The summed E-state index contributed by atoms with van der Waals surface area (Å²) < 4.78 is 28.1. The summed E-state index contributed by atoms with van der Waals surface area (Å²) in [5.41, 5.74) is 0.728. The minimum Gasteiger partial charge on any atom is -0.346 e. The molecule has 1 saturated heterocycles. The van der Waals surface area contributed by atoms with Crippen LogP contribution in [0.25, 0.3) is 11.4 Å². The van der Waals surface area contributed by atoms with E-state index < -0.39 is 9.84 Å². The lowest BCUT2D eigenvalue weighted by molar-refractivity contribution is -0.122. The Morgan fingerprint density at radius 2 is 2.32 bits per heavy atom. The topological polar surface area (TPSA) is 118 Å². The van der Waals surface area contributed by atoms with Gasteiger partial charge in [-0.3, -0.25) is 14.7 Å². The van der Waals surface area contributed by atoms with E-state index in [2.05, 4.69) is 20.4 Å². The van der Waals surface area contributed by atoms with E-state index in [-0.39, 0.29) is 36.5 Å². The summed E-state index contributed by atoms with van der Waals surface area (Å²) in [6.07, 6.45) is 3.83. The van der Waals surface area contributed by atoms with Gasteiger partial charge in [0.25, 0.3) is 0 Å². The van der Waals surface area contributed by atoms with Crippen LogP contribution in [0, 0.1) is 0 Å². The monoisotopic (exact) mass is 365 g/mol. The number of likely N-dealkylation sites (N-methyl/N-ethyl adjacent to an activating group) is 1. The maximum Gasteiger partial charge on any atom is 0.246 e. The maximum atomic E-state index is 12.0. The molecular formula is C15H19N5O4S. The first-order chi connectivity index (χ1) is 11.9. The van der Waals surface area contributed by atoms with Gasteiger partial charge in [-0.15, -0.1) is 0 Å². The number of hydrogen-bond acceptors (Lipinski definition) is 8. The van der Waals surface area contributed by atoms with E-state index in [1.54, 1.807) is 30.4 Å². The molecule has 2 aromatic heterocycles. The molecule has 0 radical (unpaired) electrons. The zero-order valence-corrected chi connectivity index (χ0v) is 14.6. The molecule has 134 valence electrons. The maximum absolute atomic E-state index is 12.0. The highest BCUT2D eigenvalue weighted by molar-refractivity contribution is 7.91. The van der Waals surface area contributed by atoms with Gasteiger partial charge in [-0.1, -0.05) is 5.16 Å². The van der Waals surface area contributed by atoms with Gasteiger partial charge >= 0.3 is 0 Å². The highest BCUT2D eigenvalue weighted by Gasteiger charge is 2.31. The Morgan fingerprint density at radius 3 is 3.00 bits per heavy atom. The number of pyridine rings is 1. The van der Waals surface area contributed by atoms with E-state index in [1.165, 1.54) is 0 Å². The number of carbonyl (C=O) groups excluding carboxylic acids is 1. The molecule has 9 nitrogen and oxygen atoms in total. The molecule has 1 atom stereocenters. The third-order valence-corrected chi connectivity index (χ3v) is 5.80. The average molecular weight is 365 g/mol. The van der Waals surface area contributed by atoms with Gasteiger partial charge in [0.15, 0.2) is 9.84 Å². The normalized spacial score (nSPS) is 19.2. The van der Waals surface area contributed by atoms with Crippen molar-refractivity contribution in [1.82, 2.24) is 25.3 Å². The SMILES string of the molecule is CN(CC(=O)NCc1nc(-c2cccnc2)no1)C1CCS(=O)(=O)C1. The Hall–Kier alpha value is -2.33. The molecule has 1 amide bonds. The summed E-state index contributed by atoms with van der Waals surface area (Å²) in [5, 5.41) is 6.55. The van der Waals surface area contributed by atoms with Crippen LogP contribution in [0.1, 0.15) is 12.3 Å². The summed E-state index contributed by atoms with van der Waals surface area (Å²) in [7, 11) is -1.22. The van der Waals surface area contributed by atoms with Crippen molar-refractivity contribution >= 4 is 15.7 Å². The van der Waals surface area contributed by atoms with Crippen molar-refractivity contribution in [1.29, 1.82) is 0 Å². The summed E-state index contributed by atoms with van der Waals surface area (Å²) in [5.74, 6) is 0.759. The summed E-state index contributed by atoms with van der Waals surface area (Å²) in [6, 6.07) is 3.47. The molecule has 1 aliphatic heterocycles. The Morgan fingerprint density at radius 1 is 1.48 bits per heavy atom. The van der Waals surface area contributed by atoms with Crippen molar-refractivity contribution in [3.05, 3.63) is 30.4 Å². The Balaban J connectivity index is 1.49. The van der Waals surface area contributed by atoms with Crippen LogP contribution in [0.5, 0.6) is 0 Å². The van der Waals surface area contributed by atoms with Gasteiger partial charge in [0.05, 0.1) is 24.6 Å². The van der Waals surface area contributed by atoms with Gasteiger partial charge in [0.1, 0.15) is 0 Å². The number of rotatable bonds is 6. The Labute approximate surface area is 145 Å². The first-order valence-electron chi connectivity index (χ1n) is 7.83. The zero-order valence-electron chi connectivity index (χ0n) is 13.8. The minimum atomic E-state index is -2.97. The van der Waals surface area contributed by atoms with Crippen LogP contribution < -0.4 is 5.32 Å². The van der Waals surface area contributed by atoms with Gasteiger partial charge in [-0.2, -0.15) is 4.98 Å². The molecule has 0 spiro atoms. The smallest absolute Gasteiger partial charge is 0.246 e. The second-order valence-corrected chi connectivity index (χ2v) is 8.23. The Kier molecular flexibility index (Phi) is 5.09. The largest absolute Gasteiger partial charge is 0.346 e. The molecule has 1 aliphatic rings. The van der Waals surface area contributed by atoms with Crippen molar-refractivity contribution in [2.24, 2.45) is 0 Å². The lowest BCUT2D eigenvalue weighted by Crippen LogP contribution is -2.41. The van der Waals surface area contributed by atoms with E-state index in [0.29, 0.717) is 18.1 Å². The molecule has 1 fully saturated rings. The fraction of sp³-hybridized carbons (Fsp3) is 0.467. The van der Waals surface area contributed by atoms with Gasteiger partial charge in [-0.25, -0.2) is 8.42 Å². The lowest BCUT2D eigenvalue weighted by Gasteiger charge is -2.21. The molecule has 25 heavy (non-hydrogen) atoms. The molecule has 1 unspecified atom stereocenters. The Bertz CT molecular complexity index is 837. The number of carbonyl (C=O) groups is 1. The third-order valence-electron chi connectivity index (χ3n) is 4.05. The molecule has 3 heterocycles. The number of sulfone groups is 1. The standard InChI is InChI=1S/C15H19N5O4S/c1-20(12-4-6-25(22,23)10-12)9-13(21)17-8-14-18-15(19-24-14)11-3-2-5-16-7-11/h2-3,5,7,12H,4,6,8-10H2,1H3,(H,17,21). The summed E-state index contributed by atoms with van der Waals surface area (Å²) in [4.78, 5) is 22.0. The van der Waals surface area contributed by atoms with Crippen molar-refractivity contribution in [2.45, 2.75) is 19.0 Å². The van der Waals surface area contributed by atoms with Gasteiger partial charge in [0, 0.05) is 24.0 Å². The first kappa shape index (κ1) is 17.5. The fourth-order valence-corrected chi connectivity index (χ4v) is 4.45. The molecule has 0 aliphatic carbocycles. The van der Waals surface area contributed by atoms with Crippen LogP contribution in [-0.4, -0.2) is 65.5 Å². The first-order valence-corrected chi connectivity index (χ1v) is 9.65. The second-order valence-electron chi connectivity index (χ2n) is 6.00. The van der Waals surface area contributed by atoms with Crippen molar-refractivity contribution in [3.8, 4) is 11.4 Å². The number of nitrogens with one attached hydrogen (secondary N) is 1. The van der Waals surface area contributed by atoms with Crippen LogP contribution in [0.2, 0.25) is 0 Å². The predicted molar refractivity (Wildman–Crippen MR) is 89.1 cm³/mol. The van der Waals surface area contributed by atoms with Crippen LogP contribution in [0.15, 0.2) is 29.0 Å². The highest BCUT2D eigenvalue weighted by atomic mass is 32.2. The summed E-state index contributed by atoms with van der Waals surface area (Å²) in [6.45, 7) is 0.229. The van der Waals surface area contributed by atoms with Crippen molar-refractivity contribution in [3.63, 3.8) is 0 Å². The zero-order chi connectivity index (χ0) is 17.9. The van der Waals surface area contributed by atoms with Crippen LogP contribution in [0.3, 0.4) is 0 Å². The molecule has 0 bridgehead atoms. The molecule has 1 N–H and O–H groups in total. The van der Waals surface area contributed by atoms with Gasteiger partial charge < -0.3 is 9.84 Å². The van der Waals surface area contributed by atoms with E-state index in [1.807, 2.05) is 6.07 Å². The van der Waals surface area contributed by atoms with Crippen LogP contribution >= 0.6 is 0 Å². The van der Waals surface area contributed by atoms with Gasteiger partial charge in [0.2, 0.25) is 17.6 Å². The number of nitrogens with zero attached hydrogens (tertiary/aromatic N) is 4. The van der Waals surface area contributed by atoms with E-state index in [9.17, 15) is 13.2 Å². The number of hydrogen-bond donors (Lipinski definition) is 1. The quantitative estimate of drug-likeness (QED) is 0.752. The average Bonchev–Trinajstić information content (AvgIpc) is 3.20. The van der Waals surface area contributed by atoms with Gasteiger partial charge in [-0.05, 0) is 25.6 Å². The third kappa shape index (κ3) is 4.60. The predicted octanol–water partition coefficient (Wildman–Crippen LogP) is -0.133. The number of aromatic nitrogens is 3.